The molecule has 1 aliphatic rings. The van der Waals surface area contributed by atoms with Gasteiger partial charge in [-0.25, -0.2) is 4.79 Å². The maximum absolute atomic E-state index is 13.3. The van der Waals surface area contributed by atoms with Crippen LogP contribution in [0, 0.1) is 5.92 Å². The second kappa shape index (κ2) is 18.1. The topological polar surface area (TPSA) is 113 Å². The molecule has 0 saturated carbocycles. The molecule has 1 saturated heterocycles. The molecule has 0 amide bonds. The summed E-state index contributed by atoms with van der Waals surface area (Å²) >= 11 is 0. The lowest BCUT2D eigenvalue weighted by molar-refractivity contribution is -0.177. The van der Waals surface area contributed by atoms with E-state index in [0.29, 0.717) is 31.6 Å². The first-order valence-corrected chi connectivity index (χ1v) is 16.1. The van der Waals surface area contributed by atoms with Crippen molar-refractivity contribution in [2.75, 3.05) is 26.9 Å². The molecule has 0 bridgehead atoms. The lowest BCUT2D eigenvalue weighted by Crippen LogP contribution is -2.46. The summed E-state index contributed by atoms with van der Waals surface area (Å²) in [6, 6.07) is 26.0. The first-order chi connectivity index (χ1) is 22.4. The zero-order valence-corrected chi connectivity index (χ0v) is 27.1. The molecule has 0 aliphatic carbocycles. The Balaban J connectivity index is 1.50. The number of esters is 1. The van der Waals surface area contributed by atoms with E-state index in [1.165, 1.54) is 0 Å². The second-order valence-corrected chi connectivity index (χ2v) is 11.6. The fourth-order valence-electron chi connectivity index (χ4n) is 5.61. The maximum Gasteiger partial charge on any atom is 0.338 e. The van der Waals surface area contributed by atoms with Crippen LogP contribution in [0.1, 0.15) is 61.0 Å². The number of aliphatic hydroxyl groups is 2. The van der Waals surface area contributed by atoms with E-state index in [-0.39, 0.29) is 38.8 Å². The summed E-state index contributed by atoms with van der Waals surface area (Å²) < 4.78 is 35.5. The van der Waals surface area contributed by atoms with Gasteiger partial charge < -0.3 is 38.6 Å². The highest BCUT2D eigenvalue weighted by Gasteiger charge is 2.42. The average molecular weight is 637 g/mol. The molecule has 5 atom stereocenters. The molecule has 4 rings (SSSR count). The van der Waals surface area contributed by atoms with Crippen molar-refractivity contribution < 1.29 is 43.4 Å². The van der Waals surface area contributed by atoms with Crippen LogP contribution in [0.25, 0.3) is 0 Å². The van der Waals surface area contributed by atoms with Crippen LogP contribution in [0.4, 0.5) is 0 Å². The molecule has 1 fully saturated rings. The molecule has 1 heterocycles. The molecule has 1 aliphatic heterocycles. The van der Waals surface area contributed by atoms with Crippen LogP contribution < -0.4 is 4.74 Å². The number of carbonyl (C=O) groups is 1. The predicted octanol–water partition coefficient (Wildman–Crippen LogP) is 5.70. The van der Waals surface area contributed by atoms with E-state index >= 15 is 0 Å². The van der Waals surface area contributed by atoms with Crippen molar-refractivity contribution in [2.24, 2.45) is 5.92 Å². The van der Waals surface area contributed by atoms with Gasteiger partial charge in [-0.1, -0.05) is 74.5 Å². The summed E-state index contributed by atoms with van der Waals surface area (Å²) in [4.78, 5) is 13.3. The third-order valence-corrected chi connectivity index (χ3v) is 8.47. The van der Waals surface area contributed by atoms with Crippen molar-refractivity contribution in [3.05, 3.63) is 102 Å². The molecule has 0 radical (unpaired) electrons. The number of aliphatic hydroxyl groups excluding tert-OH is 2. The van der Waals surface area contributed by atoms with Crippen LogP contribution in [0.15, 0.2) is 84.9 Å². The van der Waals surface area contributed by atoms with Gasteiger partial charge in [0.1, 0.15) is 11.9 Å². The van der Waals surface area contributed by atoms with E-state index in [4.69, 9.17) is 28.4 Å². The van der Waals surface area contributed by atoms with Crippen molar-refractivity contribution in [2.45, 2.75) is 82.9 Å². The Kier molecular flexibility index (Phi) is 14.0. The fraction of sp³-hybridized carbons (Fsp3) is 0.486. The van der Waals surface area contributed by atoms with E-state index in [1.807, 2.05) is 74.5 Å². The first kappa shape index (κ1) is 35.5. The predicted molar refractivity (Wildman–Crippen MR) is 173 cm³/mol. The van der Waals surface area contributed by atoms with Gasteiger partial charge in [-0.2, -0.15) is 0 Å². The number of benzene rings is 3. The van der Waals surface area contributed by atoms with E-state index in [2.05, 4.69) is 0 Å². The number of hydrogen-bond acceptors (Lipinski definition) is 9. The molecule has 0 unspecified atom stereocenters. The molecule has 46 heavy (non-hydrogen) atoms. The van der Waals surface area contributed by atoms with Crippen LogP contribution >= 0.6 is 0 Å². The Bertz CT molecular complexity index is 1280. The molecule has 9 nitrogen and oxygen atoms in total. The molecular formula is C37H48O9. The monoisotopic (exact) mass is 636 g/mol. The molecule has 250 valence electrons. The highest BCUT2D eigenvalue weighted by Crippen LogP contribution is 2.33. The van der Waals surface area contributed by atoms with Gasteiger partial charge >= 0.3 is 5.97 Å². The van der Waals surface area contributed by atoms with Crippen molar-refractivity contribution in [1.82, 2.24) is 0 Å². The van der Waals surface area contributed by atoms with Gasteiger partial charge in [-0.15, -0.1) is 0 Å². The standard InChI is InChI=1S/C37H48O9/c1-4-37(5-2)44-25-31(46-37)22-33(38)35(39)32(26-43-24-28-16-18-30(41-3)19-17-28)34(45-36(40)29-14-10-7-11-15-29)20-21-42-23-27-12-8-6-9-13-27/h6-19,31-35,38-39H,4-5,20-26H2,1-3H3/t31-,32-,33-,34-,35+/m0/s1. The third-order valence-electron chi connectivity index (χ3n) is 8.47. The molecule has 3 aromatic carbocycles. The van der Waals surface area contributed by atoms with Gasteiger partial charge in [0.2, 0.25) is 0 Å². The lowest BCUT2D eigenvalue weighted by Gasteiger charge is -2.34. The van der Waals surface area contributed by atoms with Gasteiger partial charge in [0.25, 0.3) is 0 Å². The molecule has 3 aromatic rings. The molecule has 0 aromatic heterocycles. The number of hydrogen-bond donors (Lipinski definition) is 2. The Hall–Kier alpha value is -3.31. The van der Waals surface area contributed by atoms with E-state index < -0.39 is 36.0 Å². The van der Waals surface area contributed by atoms with Crippen molar-refractivity contribution >= 4 is 5.97 Å². The normalized spacial score (nSPS) is 18.4. The second-order valence-electron chi connectivity index (χ2n) is 11.6. The minimum Gasteiger partial charge on any atom is -0.497 e. The van der Waals surface area contributed by atoms with Crippen molar-refractivity contribution in [1.29, 1.82) is 0 Å². The van der Waals surface area contributed by atoms with Gasteiger partial charge in [-0.05, 0) is 48.2 Å². The van der Waals surface area contributed by atoms with E-state index in [9.17, 15) is 15.0 Å². The van der Waals surface area contributed by atoms with Crippen molar-refractivity contribution in [3.8, 4) is 5.75 Å². The summed E-state index contributed by atoms with van der Waals surface area (Å²) in [5.41, 5.74) is 2.31. The largest absolute Gasteiger partial charge is 0.497 e. The Labute approximate surface area is 272 Å². The van der Waals surface area contributed by atoms with Crippen LogP contribution in [0.5, 0.6) is 5.75 Å². The molecule has 0 spiro atoms. The van der Waals surface area contributed by atoms with E-state index in [1.54, 1.807) is 31.4 Å². The summed E-state index contributed by atoms with van der Waals surface area (Å²) in [5.74, 6) is -1.25. The van der Waals surface area contributed by atoms with Crippen LogP contribution in [0.2, 0.25) is 0 Å². The van der Waals surface area contributed by atoms with E-state index in [0.717, 1.165) is 16.9 Å². The maximum atomic E-state index is 13.3. The summed E-state index contributed by atoms with van der Waals surface area (Å²) in [7, 11) is 1.61. The van der Waals surface area contributed by atoms with Crippen molar-refractivity contribution in [3.63, 3.8) is 0 Å². The third kappa shape index (κ3) is 10.4. The molecule has 2 N–H and O–H groups in total. The number of carbonyl (C=O) groups excluding carboxylic acids is 1. The first-order valence-electron chi connectivity index (χ1n) is 16.1. The van der Waals surface area contributed by atoms with Crippen LogP contribution in [-0.4, -0.2) is 73.3 Å². The number of ether oxygens (including phenoxy) is 6. The van der Waals surface area contributed by atoms with Gasteiger partial charge in [0.05, 0.1) is 64.0 Å². The van der Waals surface area contributed by atoms with Crippen LogP contribution in [0.3, 0.4) is 0 Å². The molecular weight excluding hydrogens is 588 g/mol. The summed E-state index contributed by atoms with van der Waals surface area (Å²) in [6.07, 6.45) is -1.89. The fourth-order valence-corrected chi connectivity index (χ4v) is 5.61. The number of methoxy groups -OCH3 is 1. The molecule has 9 heteroatoms. The minimum absolute atomic E-state index is 0.0194. The van der Waals surface area contributed by atoms with Gasteiger partial charge in [0, 0.05) is 18.8 Å². The minimum atomic E-state index is -1.29. The summed E-state index contributed by atoms with van der Waals surface area (Å²) in [5, 5.41) is 23.0. The van der Waals surface area contributed by atoms with Gasteiger partial charge in [-0.3, -0.25) is 0 Å². The highest BCUT2D eigenvalue weighted by molar-refractivity contribution is 5.89. The zero-order valence-electron chi connectivity index (χ0n) is 27.1. The average Bonchev–Trinajstić information content (AvgIpc) is 3.52. The summed E-state index contributed by atoms with van der Waals surface area (Å²) in [6.45, 7) is 5.24. The van der Waals surface area contributed by atoms with Gasteiger partial charge in [0.15, 0.2) is 5.79 Å². The Morgan fingerprint density at radius 2 is 1.52 bits per heavy atom. The smallest absolute Gasteiger partial charge is 0.338 e. The zero-order chi connectivity index (χ0) is 32.8. The Morgan fingerprint density at radius 1 is 0.891 bits per heavy atom. The Morgan fingerprint density at radius 3 is 2.15 bits per heavy atom. The number of rotatable bonds is 19. The van der Waals surface area contributed by atoms with Crippen LogP contribution in [-0.2, 0) is 36.9 Å². The lowest BCUT2D eigenvalue weighted by atomic mass is 9.89. The highest BCUT2D eigenvalue weighted by atomic mass is 16.7. The quantitative estimate of drug-likeness (QED) is 0.126. The SMILES string of the molecule is CCC1(CC)OC[C@H](C[C@H](O)[C@H](O)[C@@H](COCc2ccc(OC)cc2)[C@H](CCOCc2ccccc2)OC(=O)c2ccccc2)O1.